The maximum atomic E-state index is 11.5. The number of carbonyl (C=O) groups is 1. The van der Waals surface area contributed by atoms with Gasteiger partial charge in [0.1, 0.15) is 6.10 Å². The van der Waals surface area contributed by atoms with Crippen molar-refractivity contribution in [1.29, 1.82) is 0 Å². The fourth-order valence-corrected chi connectivity index (χ4v) is 1.81. The predicted molar refractivity (Wildman–Crippen MR) is 54.9 cm³/mol. The summed E-state index contributed by atoms with van der Waals surface area (Å²) in [5.41, 5.74) is 5.76. The molecule has 0 heterocycles. The van der Waals surface area contributed by atoms with Crippen molar-refractivity contribution in [3.8, 4) is 0 Å². The summed E-state index contributed by atoms with van der Waals surface area (Å²) in [6.45, 7) is 1.80. The van der Waals surface area contributed by atoms with E-state index in [1.54, 1.807) is 25.9 Å². The molecule has 0 aromatic carbocycles. The smallest absolute Gasteiger partial charge is 0.250 e. The summed E-state index contributed by atoms with van der Waals surface area (Å²) in [4.78, 5) is 13.0. The van der Waals surface area contributed by atoms with Gasteiger partial charge in [0.05, 0.1) is 6.10 Å². The molecule has 0 spiro atoms. The zero-order chi connectivity index (χ0) is 10.7. The number of carbonyl (C=O) groups excluding carboxylic acids is 1. The van der Waals surface area contributed by atoms with E-state index in [1.165, 1.54) is 0 Å². The minimum Gasteiger partial charge on any atom is -0.365 e. The molecule has 1 aliphatic carbocycles. The van der Waals surface area contributed by atoms with E-state index in [9.17, 15) is 4.79 Å². The van der Waals surface area contributed by atoms with Crippen molar-refractivity contribution in [2.75, 3.05) is 14.1 Å². The van der Waals surface area contributed by atoms with E-state index >= 15 is 0 Å². The Morgan fingerprint density at radius 3 is 2.57 bits per heavy atom. The highest BCUT2D eigenvalue weighted by Crippen LogP contribution is 2.21. The molecule has 1 fully saturated rings. The maximum absolute atomic E-state index is 11.5. The standard InChI is InChI=1S/C10H20N2O2/c1-7(10(13)12(2)3)14-9-5-4-8(11)6-9/h7-9H,4-6,11H2,1-3H3. The molecule has 0 bridgehead atoms. The summed E-state index contributed by atoms with van der Waals surface area (Å²) in [5.74, 6) is 0.0190. The molecule has 0 aromatic heterocycles. The lowest BCUT2D eigenvalue weighted by molar-refractivity contribution is -0.143. The number of nitrogens with zero attached hydrogens (tertiary/aromatic N) is 1. The van der Waals surface area contributed by atoms with Crippen molar-refractivity contribution in [1.82, 2.24) is 4.90 Å². The average molecular weight is 200 g/mol. The largest absolute Gasteiger partial charge is 0.365 e. The minimum absolute atomic E-state index is 0.0190. The third-order valence-electron chi connectivity index (χ3n) is 2.61. The van der Waals surface area contributed by atoms with Crippen molar-refractivity contribution in [3.63, 3.8) is 0 Å². The van der Waals surface area contributed by atoms with Gasteiger partial charge >= 0.3 is 0 Å². The van der Waals surface area contributed by atoms with Crippen molar-refractivity contribution < 1.29 is 9.53 Å². The number of rotatable bonds is 3. The molecule has 1 amide bonds. The van der Waals surface area contributed by atoms with Gasteiger partial charge in [-0.2, -0.15) is 0 Å². The van der Waals surface area contributed by atoms with Gasteiger partial charge in [0, 0.05) is 20.1 Å². The number of nitrogens with two attached hydrogens (primary N) is 1. The highest BCUT2D eigenvalue weighted by atomic mass is 16.5. The molecular formula is C10H20N2O2. The fraction of sp³-hybridized carbons (Fsp3) is 0.900. The summed E-state index contributed by atoms with van der Waals surface area (Å²) in [6, 6.07) is 0.252. The molecule has 82 valence electrons. The molecule has 1 aliphatic rings. The lowest BCUT2D eigenvalue weighted by atomic mass is 10.2. The van der Waals surface area contributed by atoms with Crippen LogP contribution in [0.25, 0.3) is 0 Å². The summed E-state index contributed by atoms with van der Waals surface area (Å²) < 4.78 is 5.63. The van der Waals surface area contributed by atoms with Gasteiger partial charge in [-0.05, 0) is 26.2 Å². The minimum atomic E-state index is -0.347. The van der Waals surface area contributed by atoms with E-state index in [1.807, 2.05) is 0 Å². The van der Waals surface area contributed by atoms with Gasteiger partial charge in [-0.1, -0.05) is 0 Å². The van der Waals surface area contributed by atoms with Gasteiger partial charge in [0.25, 0.3) is 5.91 Å². The van der Waals surface area contributed by atoms with Gasteiger partial charge in [-0.25, -0.2) is 0 Å². The van der Waals surface area contributed by atoms with Crippen molar-refractivity contribution in [2.45, 2.75) is 44.4 Å². The molecule has 4 nitrogen and oxygen atoms in total. The number of hydrogen-bond donors (Lipinski definition) is 1. The van der Waals surface area contributed by atoms with Crippen LogP contribution >= 0.6 is 0 Å². The number of likely N-dealkylation sites (N-methyl/N-ethyl adjacent to an activating group) is 1. The Morgan fingerprint density at radius 1 is 1.50 bits per heavy atom. The monoisotopic (exact) mass is 200 g/mol. The van der Waals surface area contributed by atoms with Crippen LogP contribution < -0.4 is 5.73 Å². The summed E-state index contributed by atoms with van der Waals surface area (Å²) >= 11 is 0. The Bertz CT molecular complexity index is 206. The highest BCUT2D eigenvalue weighted by Gasteiger charge is 2.26. The summed E-state index contributed by atoms with van der Waals surface area (Å²) in [6.07, 6.45) is 2.69. The predicted octanol–water partition coefficient (Wildman–Crippen LogP) is 0.359. The van der Waals surface area contributed by atoms with Gasteiger partial charge < -0.3 is 15.4 Å². The molecule has 1 saturated carbocycles. The topological polar surface area (TPSA) is 55.6 Å². The molecular weight excluding hydrogens is 180 g/mol. The van der Waals surface area contributed by atoms with Crippen LogP contribution in [-0.2, 0) is 9.53 Å². The van der Waals surface area contributed by atoms with Crippen molar-refractivity contribution in [3.05, 3.63) is 0 Å². The molecule has 2 N–H and O–H groups in total. The first kappa shape index (κ1) is 11.5. The SMILES string of the molecule is CC(OC1CCC(N)C1)C(=O)N(C)C. The molecule has 14 heavy (non-hydrogen) atoms. The Hall–Kier alpha value is -0.610. The van der Waals surface area contributed by atoms with Gasteiger partial charge in [-0.15, -0.1) is 0 Å². The molecule has 1 rings (SSSR count). The van der Waals surface area contributed by atoms with E-state index < -0.39 is 0 Å². The highest BCUT2D eigenvalue weighted by molar-refractivity contribution is 5.79. The van der Waals surface area contributed by atoms with E-state index in [-0.39, 0.29) is 24.2 Å². The van der Waals surface area contributed by atoms with Crippen LogP contribution in [-0.4, -0.2) is 43.2 Å². The first-order valence-corrected chi connectivity index (χ1v) is 5.13. The number of amides is 1. The van der Waals surface area contributed by atoms with Crippen molar-refractivity contribution in [2.24, 2.45) is 5.73 Å². The third kappa shape index (κ3) is 2.96. The lowest BCUT2D eigenvalue weighted by Gasteiger charge is -2.20. The Morgan fingerprint density at radius 2 is 2.14 bits per heavy atom. The first-order valence-electron chi connectivity index (χ1n) is 5.13. The van der Waals surface area contributed by atoms with Gasteiger partial charge in [0.2, 0.25) is 0 Å². The van der Waals surface area contributed by atoms with Crippen LogP contribution in [0.4, 0.5) is 0 Å². The molecule has 0 saturated heterocycles. The maximum Gasteiger partial charge on any atom is 0.250 e. The van der Waals surface area contributed by atoms with Crippen LogP contribution in [0.5, 0.6) is 0 Å². The average Bonchev–Trinajstić information content (AvgIpc) is 2.49. The van der Waals surface area contributed by atoms with Crippen LogP contribution in [0.2, 0.25) is 0 Å². The lowest BCUT2D eigenvalue weighted by Crippen LogP contribution is -2.35. The summed E-state index contributed by atoms with van der Waals surface area (Å²) in [5, 5.41) is 0. The second kappa shape index (κ2) is 4.75. The third-order valence-corrected chi connectivity index (χ3v) is 2.61. The Labute approximate surface area is 85.4 Å². The Balaban J connectivity index is 2.33. The molecule has 0 aromatic rings. The fourth-order valence-electron chi connectivity index (χ4n) is 1.81. The van der Waals surface area contributed by atoms with E-state index in [0.717, 1.165) is 19.3 Å². The molecule has 4 heteroatoms. The van der Waals surface area contributed by atoms with Crippen molar-refractivity contribution >= 4 is 5.91 Å². The van der Waals surface area contributed by atoms with Crippen LogP contribution in [0.15, 0.2) is 0 Å². The van der Waals surface area contributed by atoms with Gasteiger partial charge in [-0.3, -0.25) is 4.79 Å². The quantitative estimate of drug-likeness (QED) is 0.715. The second-order valence-electron chi connectivity index (χ2n) is 4.21. The Kier molecular flexibility index (Phi) is 3.89. The molecule has 3 atom stereocenters. The van der Waals surface area contributed by atoms with Crippen LogP contribution in [0.3, 0.4) is 0 Å². The van der Waals surface area contributed by atoms with E-state index in [4.69, 9.17) is 10.5 Å². The zero-order valence-electron chi connectivity index (χ0n) is 9.19. The van der Waals surface area contributed by atoms with Crippen LogP contribution in [0, 0.1) is 0 Å². The summed E-state index contributed by atoms with van der Waals surface area (Å²) in [7, 11) is 3.48. The normalized spacial score (nSPS) is 28.9. The van der Waals surface area contributed by atoms with Gasteiger partial charge in [0.15, 0.2) is 0 Å². The molecule has 0 aliphatic heterocycles. The van der Waals surface area contributed by atoms with E-state index in [2.05, 4.69) is 0 Å². The van der Waals surface area contributed by atoms with Crippen LogP contribution in [0.1, 0.15) is 26.2 Å². The molecule has 0 radical (unpaired) electrons. The first-order chi connectivity index (χ1) is 6.50. The zero-order valence-corrected chi connectivity index (χ0v) is 9.19. The second-order valence-corrected chi connectivity index (χ2v) is 4.21. The number of hydrogen-bond acceptors (Lipinski definition) is 3. The molecule has 3 unspecified atom stereocenters. The number of ether oxygens (including phenoxy) is 1. The van der Waals surface area contributed by atoms with E-state index in [0.29, 0.717) is 0 Å².